The topological polar surface area (TPSA) is 26.3 Å². The maximum Gasteiger partial charge on any atom is 0.312 e. The lowest BCUT2D eigenvalue weighted by Gasteiger charge is -2.08. The third-order valence-corrected chi connectivity index (χ3v) is 2.89. The molecule has 3 heteroatoms. The van der Waals surface area contributed by atoms with Crippen LogP contribution in [0.25, 0.3) is 0 Å². The maximum atomic E-state index is 11.1. The normalized spacial score (nSPS) is 20.2. The van der Waals surface area contributed by atoms with Crippen molar-refractivity contribution < 1.29 is 9.53 Å². The highest BCUT2D eigenvalue weighted by molar-refractivity contribution is 9.09. The molecule has 0 aromatic heterocycles. The molecule has 0 aromatic rings. The molecule has 0 unspecified atom stereocenters. The van der Waals surface area contributed by atoms with Crippen LogP contribution < -0.4 is 0 Å². The van der Waals surface area contributed by atoms with E-state index in [2.05, 4.69) is 15.9 Å². The summed E-state index contributed by atoms with van der Waals surface area (Å²) >= 11 is 3.30. The number of alkyl halides is 1. The summed E-state index contributed by atoms with van der Waals surface area (Å²) in [6, 6.07) is 0. The number of ether oxygens (including phenoxy) is 1. The lowest BCUT2D eigenvalue weighted by atomic mass is 10.1. The van der Waals surface area contributed by atoms with Crippen LogP contribution in [0.5, 0.6) is 0 Å². The van der Waals surface area contributed by atoms with Crippen molar-refractivity contribution in [1.29, 1.82) is 0 Å². The zero-order valence-electron chi connectivity index (χ0n) is 6.02. The molecule has 1 aliphatic carbocycles. The first-order valence-corrected chi connectivity index (χ1v) is 4.60. The lowest BCUT2D eigenvalue weighted by molar-refractivity contribution is -0.148. The average Bonchev–Trinajstić information content (AvgIpc) is 2.68. The van der Waals surface area contributed by atoms with Crippen LogP contribution in [0.2, 0.25) is 0 Å². The van der Waals surface area contributed by atoms with Crippen LogP contribution in [0.15, 0.2) is 0 Å². The van der Waals surface area contributed by atoms with E-state index < -0.39 is 0 Å². The molecule has 0 spiro atoms. The molecule has 0 bridgehead atoms. The Kier molecular flexibility index (Phi) is 2.34. The summed E-state index contributed by atoms with van der Waals surface area (Å²) in [5.41, 5.74) is -0.143. The second-order valence-corrected chi connectivity index (χ2v) is 3.20. The van der Waals surface area contributed by atoms with E-state index in [-0.39, 0.29) is 11.4 Å². The first-order valence-electron chi connectivity index (χ1n) is 3.48. The van der Waals surface area contributed by atoms with Crippen molar-refractivity contribution in [2.45, 2.75) is 19.8 Å². The predicted molar refractivity (Wildman–Crippen MR) is 42.1 cm³/mol. The molecule has 0 N–H and O–H groups in total. The van der Waals surface area contributed by atoms with Gasteiger partial charge in [0.2, 0.25) is 0 Å². The first kappa shape index (κ1) is 8.05. The molecular weight excluding hydrogens is 196 g/mol. The van der Waals surface area contributed by atoms with Gasteiger partial charge in [-0.1, -0.05) is 15.9 Å². The molecule has 1 aliphatic rings. The lowest BCUT2D eigenvalue weighted by Crippen LogP contribution is -2.20. The molecule has 0 atom stereocenters. The molecule has 0 radical (unpaired) electrons. The quantitative estimate of drug-likeness (QED) is 0.520. The van der Waals surface area contributed by atoms with Gasteiger partial charge in [-0.3, -0.25) is 4.79 Å². The molecular formula is C7H11BrO2. The highest BCUT2D eigenvalue weighted by atomic mass is 79.9. The van der Waals surface area contributed by atoms with Gasteiger partial charge in [0.25, 0.3) is 0 Å². The molecule has 0 aliphatic heterocycles. The van der Waals surface area contributed by atoms with Gasteiger partial charge < -0.3 is 4.74 Å². The summed E-state index contributed by atoms with van der Waals surface area (Å²) in [6.07, 6.45) is 1.97. The zero-order valence-corrected chi connectivity index (χ0v) is 7.61. The highest BCUT2D eigenvalue weighted by Gasteiger charge is 2.50. The number of carbonyl (C=O) groups excluding carboxylic acids is 1. The third-order valence-electron chi connectivity index (χ3n) is 1.82. The first-order chi connectivity index (χ1) is 4.75. The van der Waals surface area contributed by atoms with E-state index >= 15 is 0 Å². The van der Waals surface area contributed by atoms with Crippen LogP contribution in [0.3, 0.4) is 0 Å². The smallest absolute Gasteiger partial charge is 0.312 e. The number of hydrogen-bond acceptors (Lipinski definition) is 2. The summed E-state index contributed by atoms with van der Waals surface area (Å²) in [4.78, 5) is 11.1. The van der Waals surface area contributed by atoms with Gasteiger partial charge in [-0.2, -0.15) is 0 Å². The standard InChI is InChI=1S/C7H11BrO2/c1-2-10-6(9)7(5-8)3-4-7/h2-5H2,1H3. The summed E-state index contributed by atoms with van der Waals surface area (Å²) in [5, 5.41) is 0.749. The van der Waals surface area contributed by atoms with E-state index in [1.807, 2.05) is 6.92 Å². The van der Waals surface area contributed by atoms with E-state index in [9.17, 15) is 4.79 Å². The van der Waals surface area contributed by atoms with Crippen LogP contribution in [-0.4, -0.2) is 17.9 Å². The van der Waals surface area contributed by atoms with E-state index in [0.29, 0.717) is 6.61 Å². The minimum absolute atomic E-state index is 0.0353. The van der Waals surface area contributed by atoms with Crippen molar-refractivity contribution in [2.75, 3.05) is 11.9 Å². The van der Waals surface area contributed by atoms with Gasteiger partial charge in [0.05, 0.1) is 12.0 Å². The van der Waals surface area contributed by atoms with Gasteiger partial charge in [0.15, 0.2) is 0 Å². The second-order valence-electron chi connectivity index (χ2n) is 2.63. The maximum absolute atomic E-state index is 11.1. The van der Waals surface area contributed by atoms with Crippen molar-refractivity contribution in [3.8, 4) is 0 Å². The third kappa shape index (κ3) is 1.34. The number of hydrogen-bond donors (Lipinski definition) is 0. The van der Waals surface area contributed by atoms with Gasteiger partial charge in [-0.05, 0) is 19.8 Å². The molecule has 1 saturated carbocycles. The van der Waals surface area contributed by atoms with Crippen LogP contribution in [-0.2, 0) is 9.53 Å². The van der Waals surface area contributed by atoms with Gasteiger partial charge >= 0.3 is 5.97 Å². The van der Waals surface area contributed by atoms with Crippen molar-refractivity contribution in [2.24, 2.45) is 5.41 Å². The van der Waals surface area contributed by atoms with E-state index in [1.54, 1.807) is 0 Å². The Morgan fingerprint density at radius 2 is 2.30 bits per heavy atom. The largest absolute Gasteiger partial charge is 0.466 e. The number of halogens is 1. The molecule has 0 heterocycles. The summed E-state index contributed by atoms with van der Waals surface area (Å²) in [5.74, 6) is -0.0353. The van der Waals surface area contributed by atoms with E-state index in [0.717, 1.165) is 18.2 Å². The molecule has 10 heavy (non-hydrogen) atoms. The predicted octanol–water partition coefficient (Wildman–Crippen LogP) is 1.72. The van der Waals surface area contributed by atoms with Crippen molar-refractivity contribution in [1.82, 2.24) is 0 Å². The fraction of sp³-hybridized carbons (Fsp3) is 0.857. The van der Waals surface area contributed by atoms with Gasteiger partial charge in [-0.25, -0.2) is 0 Å². The van der Waals surface area contributed by atoms with Crippen molar-refractivity contribution >= 4 is 21.9 Å². The fourth-order valence-corrected chi connectivity index (χ4v) is 1.62. The van der Waals surface area contributed by atoms with Crippen molar-refractivity contribution in [3.05, 3.63) is 0 Å². The van der Waals surface area contributed by atoms with E-state index in [1.165, 1.54) is 0 Å². The molecule has 0 amide bonds. The van der Waals surface area contributed by atoms with Crippen LogP contribution >= 0.6 is 15.9 Å². The van der Waals surface area contributed by atoms with E-state index in [4.69, 9.17) is 4.74 Å². The number of esters is 1. The molecule has 0 saturated heterocycles. The minimum Gasteiger partial charge on any atom is -0.466 e. The van der Waals surface area contributed by atoms with Crippen LogP contribution in [0.4, 0.5) is 0 Å². The van der Waals surface area contributed by atoms with Crippen LogP contribution in [0.1, 0.15) is 19.8 Å². The molecule has 1 rings (SSSR count). The Labute approximate surface area is 69.1 Å². The summed E-state index contributed by atoms with van der Waals surface area (Å²) in [6.45, 7) is 2.33. The monoisotopic (exact) mass is 206 g/mol. The van der Waals surface area contributed by atoms with Gasteiger partial charge in [-0.15, -0.1) is 0 Å². The molecule has 0 aromatic carbocycles. The molecule has 2 nitrogen and oxygen atoms in total. The Hall–Kier alpha value is -0.0500. The Balaban J connectivity index is 2.40. The Bertz CT molecular complexity index is 141. The summed E-state index contributed by atoms with van der Waals surface area (Å²) in [7, 11) is 0. The molecule has 1 fully saturated rings. The van der Waals surface area contributed by atoms with Gasteiger partial charge in [0, 0.05) is 5.33 Å². The Morgan fingerprint density at radius 3 is 2.60 bits per heavy atom. The second kappa shape index (κ2) is 2.91. The molecule has 58 valence electrons. The highest BCUT2D eigenvalue weighted by Crippen LogP contribution is 2.48. The SMILES string of the molecule is CCOC(=O)C1(CBr)CC1. The van der Waals surface area contributed by atoms with Crippen molar-refractivity contribution in [3.63, 3.8) is 0 Å². The minimum atomic E-state index is -0.143. The Morgan fingerprint density at radius 1 is 1.70 bits per heavy atom. The zero-order chi connectivity index (χ0) is 7.61. The average molecular weight is 207 g/mol. The van der Waals surface area contributed by atoms with Crippen LogP contribution in [0, 0.1) is 5.41 Å². The number of rotatable bonds is 3. The fourth-order valence-electron chi connectivity index (χ4n) is 0.827. The van der Waals surface area contributed by atoms with Gasteiger partial charge in [0.1, 0.15) is 0 Å². The summed E-state index contributed by atoms with van der Waals surface area (Å²) < 4.78 is 4.89. The number of carbonyl (C=O) groups is 1.